The molecule has 3 N–H and O–H groups in total. The molecule has 0 radical (unpaired) electrons. The Bertz CT molecular complexity index is 588. The van der Waals surface area contributed by atoms with Gasteiger partial charge in [0, 0.05) is 6.54 Å². The lowest BCUT2D eigenvalue weighted by atomic mass is 10.1. The van der Waals surface area contributed by atoms with Gasteiger partial charge >= 0.3 is 0 Å². The number of hydrogen-bond acceptors (Lipinski definition) is 4. The summed E-state index contributed by atoms with van der Waals surface area (Å²) in [5, 5.41) is 15.3. The second-order valence-electron chi connectivity index (χ2n) is 4.78. The fourth-order valence-corrected chi connectivity index (χ4v) is 2.03. The Morgan fingerprint density at radius 3 is 2.68 bits per heavy atom. The molecule has 0 spiro atoms. The Kier molecular flexibility index (Phi) is 6.26. The summed E-state index contributed by atoms with van der Waals surface area (Å²) in [5.41, 5.74) is 1.47. The zero-order valence-electron chi connectivity index (χ0n) is 12.3. The maximum absolute atomic E-state index is 10.4. The van der Waals surface area contributed by atoms with Crippen LogP contribution in [-0.2, 0) is 11.2 Å². The normalized spacial score (nSPS) is 10.2. The molecular weight excluding hydrogens is 280 g/mol. The molecule has 2 aromatic rings. The third kappa shape index (κ3) is 5.10. The van der Waals surface area contributed by atoms with Gasteiger partial charge < -0.3 is 20.5 Å². The van der Waals surface area contributed by atoms with Gasteiger partial charge in [-0.05, 0) is 42.8 Å². The molecule has 22 heavy (non-hydrogen) atoms. The maximum Gasteiger partial charge on any atom is 0.211 e. The molecule has 0 aliphatic carbocycles. The number of amides is 1. The molecule has 0 atom stereocenters. The first-order chi connectivity index (χ1) is 10.8. The van der Waals surface area contributed by atoms with Crippen LogP contribution in [0.1, 0.15) is 5.56 Å². The standard InChI is InChI=1S/C17H20N2O3/c20-13-19-16-12-14(6-7-17(16)21)8-9-18-10-11-22-15-4-2-1-3-5-15/h1-7,12-13,18,21H,8-11H2,(H,19,20). The van der Waals surface area contributed by atoms with Crippen LogP contribution in [0.2, 0.25) is 0 Å². The highest BCUT2D eigenvalue weighted by Crippen LogP contribution is 2.23. The summed E-state index contributed by atoms with van der Waals surface area (Å²) in [7, 11) is 0. The molecule has 0 bridgehead atoms. The van der Waals surface area contributed by atoms with Crippen molar-refractivity contribution < 1.29 is 14.6 Å². The van der Waals surface area contributed by atoms with Gasteiger partial charge in [0.25, 0.3) is 0 Å². The first-order valence-electron chi connectivity index (χ1n) is 7.20. The quantitative estimate of drug-likeness (QED) is 0.377. The molecule has 0 aliphatic heterocycles. The fraction of sp³-hybridized carbons (Fsp3) is 0.235. The number of para-hydroxylation sites is 1. The third-order valence-electron chi connectivity index (χ3n) is 3.16. The van der Waals surface area contributed by atoms with Crippen molar-refractivity contribution in [2.24, 2.45) is 0 Å². The molecule has 0 saturated carbocycles. The first kappa shape index (κ1) is 15.9. The van der Waals surface area contributed by atoms with E-state index in [1.807, 2.05) is 36.4 Å². The number of phenols is 1. The predicted octanol–water partition coefficient (Wildman–Crippen LogP) is 2.17. The molecule has 0 fully saturated rings. The van der Waals surface area contributed by atoms with Gasteiger partial charge in [0.1, 0.15) is 18.1 Å². The Morgan fingerprint density at radius 2 is 1.91 bits per heavy atom. The number of nitrogens with one attached hydrogen (secondary N) is 2. The van der Waals surface area contributed by atoms with Gasteiger partial charge in [-0.2, -0.15) is 0 Å². The molecule has 2 aromatic carbocycles. The molecule has 1 amide bonds. The van der Waals surface area contributed by atoms with Crippen molar-refractivity contribution in [2.45, 2.75) is 6.42 Å². The Morgan fingerprint density at radius 1 is 1.09 bits per heavy atom. The number of ether oxygens (including phenoxy) is 1. The minimum absolute atomic E-state index is 0.0695. The average molecular weight is 300 g/mol. The van der Waals surface area contributed by atoms with Crippen LogP contribution in [-0.4, -0.2) is 31.2 Å². The van der Waals surface area contributed by atoms with Crippen LogP contribution in [0.5, 0.6) is 11.5 Å². The Labute approximate surface area is 129 Å². The second-order valence-corrected chi connectivity index (χ2v) is 4.78. The van der Waals surface area contributed by atoms with Crippen molar-refractivity contribution in [1.29, 1.82) is 0 Å². The predicted molar refractivity (Wildman–Crippen MR) is 86.3 cm³/mol. The number of carbonyl (C=O) groups excluding carboxylic acids is 1. The number of phenolic OH excluding ortho intramolecular Hbond substituents is 1. The zero-order chi connectivity index (χ0) is 15.6. The van der Waals surface area contributed by atoms with Gasteiger partial charge in [0.2, 0.25) is 6.41 Å². The van der Waals surface area contributed by atoms with Gasteiger partial charge in [-0.25, -0.2) is 0 Å². The van der Waals surface area contributed by atoms with Crippen molar-refractivity contribution in [1.82, 2.24) is 5.32 Å². The van der Waals surface area contributed by atoms with Crippen LogP contribution in [0.15, 0.2) is 48.5 Å². The number of carbonyl (C=O) groups is 1. The SMILES string of the molecule is O=CNc1cc(CCNCCOc2ccccc2)ccc1O. The minimum atomic E-state index is 0.0695. The molecular formula is C17H20N2O3. The second kappa shape index (κ2) is 8.69. The van der Waals surface area contributed by atoms with E-state index in [0.29, 0.717) is 18.7 Å². The molecule has 0 unspecified atom stereocenters. The van der Waals surface area contributed by atoms with Crippen LogP contribution in [0, 0.1) is 0 Å². The highest BCUT2D eigenvalue weighted by atomic mass is 16.5. The van der Waals surface area contributed by atoms with E-state index in [1.54, 1.807) is 12.1 Å². The van der Waals surface area contributed by atoms with E-state index < -0.39 is 0 Å². The fourth-order valence-electron chi connectivity index (χ4n) is 2.03. The first-order valence-corrected chi connectivity index (χ1v) is 7.20. The third-order valence-corrected chi connectivity index (χ3v) is 3.16. The van der Waals surface area contributed by atoms with Gasteiger partial charge in [-0.15, -0.1) is 0 Å². The van der Waals surface area contributed by atoms with Crippen LogP contribution in [0.4, 0.5) is 5.69 Å². The number of hydrogen-bond donors (Lipinski definition) is 3. The highest BCUT2D eigenvalue weighted by molar-refractivity contribution is 5.75. The van der Waals surface area contributed by atoms with Crippen LogP contribution >= 0.6 is 0 Å². The molecule has 0 aliphatic rings. The van der Waals surface area contributed by atoms with Gasteiger partial charge in [0.05, 0.1) is 5.69 Å². The Balaban J connectivity index is 1.66. The molecule has 0 aromatic heterocycles. The van der Waals surface area contributed by atoms with E-state index in [4.69, 9.17) is 4.74 Å². The van der Waals surface area contributed by atoms with Gasteiger partial charge in [-0.1, -0.05) is 24.3 Å². The van der Waals surface area contributed by atoms with Gasteiger partial charge in [0.15, 0.2) is 0 Å². The summed E-state index contributed by atoms with van der Waals surface area (Å²) in [6.45, 7) is 2.16. The lowest BCUT2D eigenvalue weighted by Crippen LogP contribution is -2.23. The summed E-state index contributed by atoms with van der Waals surface area (Å²) >= 11 is 0. The van der Waals surface area contributed by atoms with E-state index in [1.165, 1.54) is 0 Å². The molecule has 5 heteroatoms. The van der Waals surface area contributed by atoms with E-state index in [-0.39, 0.29) is 5.75 Å². The number of benzene rings is 2. The molecule has 0 heterocycles. The minimum Gasteiger partial charge on any atom is -0.506 e. The molecule has 5 nitrogen and oxygen atoms in total. The molecule has 116 valence electrons. The summed E-state index contributed by atoms with van der Waals surface area (Å²) < 4.78 is 5.58. The smallest absolute Gasteiger partial charge is 0.211 e. The van der Waals surface area contributed by atoms with Crippen LogP contribution in [0.25, 0.3) is 0 Å². The van der Waals surface area contributed by atoms with Crippen molar-refractivity contribution in [3.63, 3.8) is 0 Å². The van der Waals surface area contributed by atoms with E-state index in [0.717, 1.165) is 30.8 Å². The number of anilines is 1. The average Bonchev–Trinajstić information content (AvgIpc) is 2.55. The van der Waals surface area contributed by atoms with Crippen molar-refractivity contribution in [3.8, 4) is 11.5 Å². The van der Waals surface area contributed by atoms with Crippen LogP contribution < -0.4 is 15.4 Å². The zero-order valence-corrected chi connectivity index (χ0v) is 12.3. The van der Waals surface area contributed by atoms with Crippen molar-refractivity contribution in [3.05, 3.63) is 54.1 Å². The van der Waals surface area contributed by atoms with Crippen molar-refractivity contribution in [2.75, 3.05) is 25.0 Å². The highest BCUT2D eigenvalue weighted by Gasteiger charge is 2.02. The number of rotatable bonds is 9. The summed E-state index contributed by atoms with van der Waals surface area (Å²) in [5.74, 6) is 0.937. The monoisotopic (exact) mass is 300 g/mol. The topological polar surface area (TPSA) is 70.6 Å². The lowest BCUT2D eigenvalue weighted by molar-refractivity contribution is -0.105. The summed E-state index contributed by atoms with van der Waals surface area (Å²) in [4.78, 5) is 10.4. The van der Waals surface area contributed by atoms with E-state index in [9.17, 15) is 9.90 Å². The number of aromatic hydroxyl groups is 1. The largest absolute Gasteiger partial charge is 0.506 e. The van der Waals surface area contributed by atoms with E-state index >= 15 is 0 Å². The van der Waals surface area contributed by atoms with Gasteiger partial charge in [-0.3, -0.25) is 4.79 Å². The Hall–Kier alpha value is -2.53. The lowest BCUT2D eigenvalue weighted by Gasteiger charge is -2.09. The summed E-state index contributed by atoms with van der Waals surface area (Å²) in [6, 6.07) is 14.9. The van der Waals surface area contributed by atoms with Crippen molar-refractivity contribution >= 4 is 12.1 Å². The molecule has 0 saturated heterocycles. The molecule has 2 rings (SSSR count). The van der Waals surface area contributed by atoms with Crippen LogP contribution in [0.3, 0.4) is 0 Å². The summed E-state index contributed by atoms with van der Waals surface area (Å²) in [6.07, 6.45) is 1.36. The van der Waals surface area contributed by atoms with E-state index in [2.05, 4.69) is 10.6 Å². The maximum atomic E-state index is 10.4.